The minimum absolute atomic E-state index is 0.0819. The fourth-order valence-corrected chi connectivity index (χ4v) is 3.07. The van der Waals surface area contributed by atoms with E-state index in [0.717, 1.165) is 12.1 Å². The first-order valence-electron chi connectivity index (χ1n) is 9.57. The zero-order chi connectivity index (χ0) is 21.6. The number of rotatable bonds is 7. The molecule has 3 rings (SSSR count). The fraction of sp³-hybridized carbons (Fsp3) is 0.381. The summed E-state index contributed by atoms with van der Waals surface area (Å²) in [6.07, 6.45) is -4.52. The van der Waals surface area contributed by atoms with Crippen molar-refractivity contribution in [1.29, 1.82) is 0 Å². The topological polar surface area (TPSA) is 60.0 Å². The number of morpholine rings is 1. The molecule has 1 heterocycles. The van der Waals surface area contributed by atoms with Gasteiger partial charge in [0.05, 0.1) is 36.8 Å². The molecule has 0 radical (unpaired) electrons. The van der Waals surface area contributed by atoms with Crippen LogP contribution in [0.5, 0.6) is 11.5 Å². The van der Waals surface area contributed by atoms with Crippen molar-refractivity contribution in [3.05, 3.63) is 48.0 Å². The number of carbonyl (C=O) groups is 1. The maximum atomic E-state index is 13.2. The lowest BCUT2D eigenvalue weighted by Crippen LogP contribution is -2.37. The van der Waals surface area contributed by atoms with Crippen LogP contribution >= 0.6 is 0 Å². The standard InChI is InChI=1S/C21H23F3N2O4/c1-2-29-18-5-3-4-6-19(18)30-14-20(27)25-16-13-15(21(22,23)24)7-8-17(16)26-9-11-28-12-10-26/h3-8,13H,2,9-12,14H2,1H3,(H,25,27). The highest BCUT2D eigenvalue weighted by Gasteiger charge is 2.32. The molecular formula is C21H23F3N2O4. The van der Waals surface area contributed by atoms with Crippen LogP contribution in [0.1, 0.15) is 12.5 Å². The minimum atomic E-state index is -4.52. The molecule has 0 aliphatic carbocycles. The van der Waals surface area contributed by atoms with Crippen LogP contribution in [0, 0.1) is 0 Å². The summed E-state index contributed by atoms with van der Waals surface area (Å²) in [7, 11) is 0. The van der Waals surface area contributed by atoms with Crippen LogP contribution in [0.2, 0.25) is 0 Å². The largest absolute Gasteiger partial charge is 0.490 e. The van der Waals surface area contributed by atoms with Crippen LogP contribution in [0.15, 0.2) is 42.5 Å². The van der Waals surface area contributed by atoms with E-state index >= 15 is 0 Å². The number of amides is 1. The molecule has 0 unspecified atom stereocenters. The first-order valence-corrected chi connectivity index (χ1v) is 9.57. The summed E-state index contributed by atoms with van der Waals surface area (Å²) in [6, 6.07) is 10.2. The number of ether oxygens (including phenoxy) is 3. The van der Waals surface area contributed by atoms with Gasteiger partial charge in [-0.2, -0.15) is 13.2 Å². The van der Waals surface area contributed by atoms with Gasteiger partial charge in [0, 0.05) is 13.1 Å². The van der Waals surface area contributed by atoms with Crippen molar-refractivity contribution >= 4 is 17.3 Å². The number of carbonyl (C=O) groups excluding carboxylic acids is 1. The SMILES string of the molecule is CCOc1ccccc1OCC(=O)Nc1cc(C(F)(F)F)ccc1N1CCOCC1. The van der Waals surface area contributed by atoms with Crippen molar-refractivity contribution < 1.29 is 32.2 Å². The average Bonchev–Trinajstić information content (AvgIpc) is 2.73. The molecule has 0 atom stereocenters. The molecule has 1 N–H and O–H groups in total. The Kier molecular flexibility index (Phi) is 7.04. The number of benzene rings is 2. The number of hydrogen-bond donors (Lipinski definition) is 1. The highest BCUT2D eigenvalue weighted by molar-refractivity contribution is 5.95. The highest BCUT2D eigenvalue weighted by atomic mass is 19.4. The molecule has 1 fully saturated rings. The van der Waals surface area contributed by atoms with E-state index < -0.39 is 17.6 Å². The lowest BCUT2D eigenvalue weighted by molar-refractivity contribution is -0.137. The Balaban J connectivity index is 1.75. The Morgan fingerprint density at radius 3 is 2.40 bits per heavy atom. The van der Waals surface area contributed by atoms with E-state index in [1.807, 2.05) is 11.8 Å². The van der Waals surface area contributed by atoms with E-state index in [1.54, 1.807) is 24.3 Å². The van der Waals surface area contributed by atoms with E-state index in [0.29, 0.717) is 50.1 Å². The van der Waals surface area contributed by atoms with Gasteiger partial charge in [-0.25, -0.2) is 0 Å². The van der Waals surface area contributed by atoms with E-state index in [2.05, 4.69) is 5.32 Å². The first kappa shape index (κ1) is 21.8. The third-order valence-corrected chi connectivity index (χ3v) is 4.46. The molecule has 1 saturated heterocycles. The van der Waals surface area contributed by atoms with Crippen molar-refractivity contribution in [2.75, 3.05) is 49.7 Å². The van der Waals surface area contributed by atoms with Crippen LogP contribution in [0.4, 0.5) is 24.5 Å². The molecule has 0 aromatic heterocycles. The lowest BCUT2D eigenvalue weighted by atomic mass is 10.1. The van der Waals surface area contributed by atoms with E-state index in [9.17, 15) is 18.0 Å². The van der Waals surface area contributed by atoms with Gasteiger partial charge in [-0.1, -0.05) is 12.1 Å². The number of nitrogens with one attached hydrogen (secondary N) is 1. The van der Waals surface area contributed by atoms with E-state index in [1.165, 1.54) is 6.07 Å². The summed E-state index contributed by atoms with van der Waals surface area (Å²) in [5.74, 6) is 0.294. The maximum Gasteiger partial charge on any atom is 0.416 e. The highest BCUT2D eigenvalue weighted by Crippen LogP contribution is 2.36. The van der Waals surface area contributed by atoms with Gasteiger partial charge in [-0.3, -0.25) is 4.79 Å². The number of hydrogen-bond acceptors (Lipinski definition) is 5. The monoisotopic (exact) mass is 424 g/mol. The Hall–Kier alpha value is -2.94. The normalized spacial score (nSPS) is 14.3. The van der Waals surface area contributed by atoms with Gasteiger partial charge in [0.1, 0.15) is 0 Å². The van der Waals surface area contributed by atoms with Gasteiger partial charge in [0.15, 0.2) is 18.1 Å². The van der Waals surface area contributed by atoms with Gasteiger partial charge < -0.3 is 24.4 Å². The molecule has 9 heteroatoms. The van der Waals surface area contributed by atoms with Gasteiger partial charge in [-0.05, 0) is 37.3 Å². The molecular weight excluding hydrogens is 401 g/mol. The van der Waals surface area contributed by atoms with Crippen LogP contribution in [-0.2, 0) is 15.7 Å². The van der Waals surface area contributed by atoms with Crippen LogP contribution in [0.3, 0.4) is 0 Å². The van der Waals surface area contributed by atoms with Crippen molar-refractivity contribution in [2.45, 2.75) is 13.1 Å². The summed E-state index contributed by atoms with van der Waals surface area (Å²) in [4.78, 5) is 14.3. The fourth-order valence-electron chi connectivity index (χ4n) is 3.07. The summed E-state index contributed by atoms with van der Waals surface area (Å²) in [6.45, 7) is 3.85. The van der Waals surface area contributed by atoms with Crippen molar-refractivity contribution in [3.63, 3.8) is 0 Å². The Morgan fingerprint density at radius 2 is 1.77 bits per heavy atom. The van der Waals surface area contributed by atoms with Crippen LogP contribution in [-0.4, -0.2) is 45.4 Å². The van der Waals surface area contributed by atoms with Crippen molar-refractivity contribution in [1.82, 2.24) is 0 Å². The third kappa shape index (κ3) is 5.56. The van der Waals surface area contributed by atoms with Gasteiger partial charge in [-0.15, -0.1) is 0 Å². The summed E-state index contributed by atoms with van der Waals surface area (Å²) >= 11 is 0. The second-order valence-corrected chi connectivity index (χ2v) is 6.55. The molecule has 0 saturated carbocycles. The molecule has 30 heavy (non-hydrogen) atoms. The molecule has 2 aromatic rings. The first-order chi connectivity index (χ1) is 14.4. The number of halogens is 3. The lowest BCUT2D eigenvalue weighted by Gasteiger charge is -2.31. The number of alkyl halides is 3. The molecule has 0 bridgehead atoms. The Labute approximate surface area is 172 Å². The molecule has 0 spiro atoms. The van der Waals surface area contributed by atoms with Crippen molar-refractivity contribution in [3.8, 4) is 11.5 Å². The minimum Gasteiger partial charge on any atom is -0.490 e. The number of anilines is 2. The number of nitrogens with zero attached hydrogens (tertiary/aromatic N) is 1. The quantitative estimate of drug-likeness (QED) is 0.729. The summed E-state index contributed by atoms with van der Waals surface area (Å²) < 4.78 is 55.8. The summed E-state index contributed by atoms with van der Waals surface area (Å²) in [5.41, 5.74) is -0.245. The van der Waals surface area contributed by atoms with Gasteiger partial charge >= 0.3 is 6.18 Å². The van der Waals surface area contributed by atoms with Crippen LogP contribution < -0.4 is 19.7 Å². The van der Waals surface area contributed by atoms with Crippen LogP contribution in [0.25, 0.3) is 0 Å². The molecule has 1 aliphatic rings. The van der Waals surface area contributed by atoms with Gasteiger partial charge in [0.2, 0.25) is 0 Å². The molecule has 6 nitrogen and oxygen atoms in total. The zero-order valence-electron chi connectivity index (χ0n) is 16.5. The van der Waals surface area contributed by atoms with E-state index in [-0.39, 0.29) is 12.3 Å². The molecule has 1 aliphatic heterocycles. The Morgan fingerprint density at radius 1 is 1.10 bits per heavy atom. The van der Waals surface area contributed by atoms with Crippen molar-refractivity contribution in [2.24, 2.45) is 0 Å². The average molecular weight is 424 g/mol. The number of para-hydroxylation sites is 2. The Bertz CT molecular complexity index is 868. The predicted octanol–water partition coefficient (Wildman–Crippen LogP) is 3.96. The third-order valence-electron chi connectivity index (χ3n) is 4.46. The predicted molar refractivity (Wildman–Crippen MR) is 106 cm³/mol. The van der Waals surface area contributed by atoms with Gasteiger partial charge in [0.25, 0.3) is 5.91 Å². The smallest absolute Gasteiger partial charge is 0.416 e. The second kappa shape index (κ2) is 9.71. The van der Waals surface area contributed by atoms with E-state index in [4.69, 9.17) is 14.2 Å². The maximum absolute atomic E-state index is 13.2. The molecule has 1 amide bonds. The molecule has 2 aromatic carbocycles. The molecule has 162 valence electrons. The summed E-state index contributed by atoms with van der Waals surface area (Å²) in [5, 5.41) is 2.55. The second-order valence-electron chi connectivity index (χ2n) is 6.55. The zero-order valence-corrected chi connectivity index (χ0v) is 16.5.